The van der Waals surface area contributed by atoms with Gasteiger partial charge in [0.05, 0.1) is 9.68 Å². The van der Waals surface area contributed by atoms with Gasteiger partial charge in [-0.15, -0.1) is 0 Å². The van der Waals surface area contributed by atoms with Crippen LogP contribution in [-0.2, 0) is 0 Å². The number of amides is 1. The summed E-state index contributed by atoms with van der Waals surface area (Å²) in [7, 11) is 0. The van der Waals surface area contributed by atoms with Crippen molar-refractivity contribution in [2.45, 2.75) is 0 Å². The Kier molecular flexibility index (Phi) is 1.02. The maximum absolute atomic E-state index is 11.5. The molecule has 0 saturated carbocycles. The first-order chi connectivity index (χ1) is 7.63. The Morgan fingerprint density at radius 1 is 1.91 bits per heavy atom. The van der Waals surface area contributed by atoms with Gasteiger partial charge in [0, 0.05) is 27.9 Å². The van der Waals surface area contributed by atoms with E-state index >= 15 is 0 Å². The molecule has 0 aromatic carbocycles. The fourth-order valence-corrected chi connectivity index (χ4v) is 0.756. The summed E-state index contributed by atoms with van der Waals surface area (Å²) < 4.78 is 42.7. The first-order valence-electron chi connectivity index (χ1n) is 5.59. The molecule has 0 aliphatic rings. The number of halogens is 1. The lowest BCUT2D eigenvalue weighted by atomic mass is 10.3. The topological polar surface area (TPSA) is 42.0 Å². The molecule has 3 nitrogen and oxygen atoms in total. The molecule has 0 radical (unpaired) electrons. The van der Waals surface area contributed by atoms with Crippen LogP contribution >= 0.6 is 15.9 Å². The van der Waals surface area contributed by atoms with Crippen LogP contribution in [0.2, 0.25) is 0 Å². The van der Waals surface area contributed by atoms with Crippen LogP contribution in [-0.4, -0.2) is 17.9 Å². The molecular formula is C7H7BrN2O. The van der Waals surface area contributed by atoms with E-state index in [4.69, 9.17) is 8.22 Å². The molecule has 58 valence electrons. The van der Waals surface area contributed by atoms with E-state index < -0.39 is 30.7 Å². The number of hydrogen-bond acceptors (Lipinski definition) is 2. The van der Waals surface area contributed by atoms with E-state index in [2.05, 4.69) is 20.9 Å². The third-order valence-electron chi connectivity index (χ3n) is 0.897. The van der Waals surface area contributed by atoms with Crippen molar-refractivity contribution in [1.82, 2.24) is 10.3 Å². The molecule has 11 heavy (non-hydrogen) atoms. The predicted octanol–water partition coefficient (Wildman–Crippen LogP) is 1.20. The number of pyridine rings is 1. The molecular weight excluding hydrogens is 208 g/mol. The van der Waals surface area contributed by atoms with Gasteiger partial charge in [-0.2, -0.15) is 0 Å². The largest absolute Gasteiger partial charge is 0.355 e. The molecule has 0 aliphatic carbocycles. The van der Waals surface area contributed by atoms with Crippen molar-refractivity contribution >= 4 is 21.8 Å². The van der Waals surface area contributed by atoms with Gasteiger partial charge in [0.1, 0.15) is 0 Å². The molecule has 1 aromatic heterocycles. The Morgan fingerprint density at radius 3 is 3.45 bits per heavy atom. The number of rotatable bonds is 1. The van der Waals surface area contributed by atoms with Crippen LogP contribution in [0.3, 0.4) is 0 Å². The quantitative estimate of drug-likeness (QED) is 0.774. The highest BCUT2D eigenvalue weighted by atomic mass is 79.9. The molecule has 0 bridgehead atoms. The fourth-order valence-electron chi connectivity index (χ4n) is 0.469. The summed E-state index contributed by atoms with van der Waals surface area (Å²) in [6, 6.07) is -0.434. The highest BCUT2D eigenvalue weighted by molar-refractivity contribution is 9.10. The number of carbonyl (C=O) groups excluding carboxylic acids is 1. The Balaban J connectivity index is 3.24. The van der Waals surface area contributed by atoms with Crippen LogP contribution in [0.5, 0.6) is 0 Å². The minimum Gasteiger partial charge on any atom is -0.355 e. The highest BCUT2D eigenvalue weighted by Gasteiger charge is 2.01. The Bertz CT molecular complexity index is 474. The van der Waals surface area contributed by atoms with Crippen LogP contribution in [0.4, 0.5) is 0 Å². The zero-order chi connectivity index (χ0) is 13.4. The number of nitrogens with one attached hydrogen (secondary N) is 1. The van der Waals surface area contributed by atoms with Crippen LogP contribution in [0, 0.1) is 0 Å². The molecule has 0 saturated heterocycles. The van der Waals surface area contributed by atoms with Gasteiger partial charge in [0.25, 0.3) is 5.91 Å². The Hall–Kier alpha value is -0.900. The normalized spacial score (nSPS) is 18.3. The number of hydrogen-bond donors (Lipinski definition) is 1. The van der Waals surface area contributed by atoms with Crippen molar-refractivity contribution in [2.24, 2.45) is 0 Å². The summed E-state index contributed by atoms with van der Waals surface area (Å²) in [6.07, 6.45) is -0.963. The van der Waals surface area contributed by atoms with E-state index in [9.17, 15) is 4.79 Å². The smallest absolute Gasteiger partial charge is 0.252 e. The van der Waals surface area contributed by atoms with E-state index in [1.165, 1.54) is 0 Å². The standard InChI is InChI=1S/C7H7BrN2O/c1-9-7(11)5-2-6(8)4-10-3-5/h2-4H,1H3,(H,9,11)/i1D3,2D,3D,4D. The Morgan fingerprint density at radius 2 is 2.73 bits per heavy atom. The van der Waals surface area contributed by atoms with Crippen LogP contribution in [0.25, 0.3) is 0 Å². The van der Waals surface area contributed by atoms with Crippen LogP contribution in [0.1, 0.15) is 18.6 Å². The van der Waals surface area contributed by atoms with Crippen LogP contribution < -0.4 is 5.32 Å². The van der Waals surface area contributed by atoms with Crippen molar-refractivity contribution in [2.75, 3.05) is 6.98 Å². The summed E-state index contributed by atoms with van der Waals surface area (Å²) >= 11 is 2.87. The van der Waals surface area contributed by atoms with E-state index in [1.54, 1.807) is 5.32 Å². The lowest BCUT2D eigenvalue weighted by Crippen LogP contribution is -2.17. The molecule has 4 heteroatoms. The number of nitrogens with zero attached hydrogens (tertiary/aromatic N) is 1. The molecule has 0 atom stereocenters. The molecule has 0 aliphatic heterocycles. The summed E-state index contributed by atoms with van der Waals surface area (Å²) in [5.41, 5.74) is -0.482. The van der Waals surface area contributed by atoms with Gasteiger partial charge in [-0.25, -0.2) is 0 Å². The van der Waals surface area contributed by atoms with Gasteiger partial charge in [0.2, 0.25) is 0 Å². The third kappa shape index (κ3) is 2.01. The lowest BCUT2D eigenvalue weighted by Gasteiger charge is -1.97. The molecule has 1 N–H and O–H groups in total. The average Bonchev–Trinajstić information content (AvgIpc) is 2.11. The minimum atomic E-state index is -2.71. The van der Waals surface area contributed by atoms with Crippen molar-refractivity contribution in [1.29, 1.82) is 0 Å². The predicted molar refractivity (Wildman–Crippen MR) is 45.3 cm³/mol. The molecule has 1 heterocycles. The molecule has 1 aromatic rings. The van der Waals surface area contributed by atoms with E-state index in [0.717, 1.165) is 0 Å². The highest BCUT2D eigenvalue weighted by Crippen LogP contribution is 2.08. The third-order valence-corrected chi connectivity index (χ3v) is 1.27. The summed E-state index contributed by atoms with van der Waals surface area (Å²) in [5, 5.41) is 1.66. The van der Waals surface area contributed by atoms with Gasteiger partial charge in [0.15, 0.2) is 0 Å². The maximum Gasteiger partial charge on any atom is 0.252 e. The van der Waals surface area contributed by atoms with Crippen molar-refractivity contribution in [3.63, 3.8) is 0 Å². The fraction of sp³-hybridized carbons (Fsp3) is 0.143. The van der Waals surface area contributed by atoms with Gasteiger partial charge in [-0.3, -0.25) is 9.78 Å². The molecule has 0 unspecified atom stereocenters. The summed E-state index contributed by atoms with van der Waals surface area (Å²) in [6.45, 7) is -2.71. The second-order valence-corrected chi connectivity index (χ2v) is 2.40. The zero-order valence-corrected chi connectivity index (χ0v) is 6.82. The molecule has 1 rings (SSSR count). The van der Waals surface area contributed by atoms with Gasteiger partial charge in [-0.05, 0) is 22.0 Å². The summed E-state index contributed by atoms with van der Waals surface area (Å²) in [4.78, 5) is 14.9. The zero-order valence-electron chi connectivity index (χ0n) is 11.2. The SMILES string of the molecule is [2H]c1nc([2H])c(C(=O)NC([2H])([2H])[2H])c([2H])c1Br. The molecule has 0 spiro atoms. The van der Waals surface area contributed by atoms with E-state index in [0.29, 0.717) is 0 Å². The second-order valence-electron chi connectivity index (χ2n) is 1.60. The van der Waals surface area contributed by atoms with E-state index in [-0.39, 0.29) is 10.6 Å². The van der Waals surface area contributed by atoms with Gasteiger partial charge >= 0.3 is 0 Å². The first kappa shape index (κ1) is 3.23. The lowest BCUT2D eigenvalue weighted by molar-refractivity contribution is 0.0962. The second kappa shape index (κ2) is 3.48. The average molecular weight is 221 g/mol. The van der Waals surface area contributed by atoms with Crippen molar-refractivity contribution < 1.29 is 13.0 Å². The molecule has 1 amide bonds. The van der Waals surface area contributed by atoms with Crippen molar-refractivity contribution in [3.8, 4) is 0 Å². The minimum absolute atomic E-state index is 0.0656. The number of carbonyl (C=O) groups is 1. The van der Waals surface area contributed by atoms with Crippen LogP contribution in [0.15, 0.2) is 22.9 Å². The first-order valence-corrected chi connectivity index (χ1v) is 3.38. The molecule has 0 fully saturated rings. The van der Waals surface area contributed by atoms with E-state index in [1.807, 2.05) is 0 Å². The van der Waals surface area contributed by atoms with Gasteiger partial charge < -0.3 is 5.32 Å². The maximum atomic E-state index is 11.5. The van der Waals surface area contributed by atoms with Gasteiger partial charge in [-0.1, -0.05) is 0 Å². The Labute approximate surface area is 81.4 Å². The number of aromatic nitrogens is 1. The monoisotopic (exact) mass is 220 g/mol. The van der Waals surface area contributed by atoms with Crippen molar-refractivity contribution in [3.05, 3.63) is 28.4 Å². The summed E-state index contributed by atoms with van der Waals surface area (Å²) in [5.74, 6) is -1.09.